The number of hydrogen-bond acceptors (Lipinski definition) is 5. The van der Waals surface area contributed by atoms with E-state index in [1.807, 2.05) is 49.4 Å². The average Bonchev–Trinajstić information content (AvgIpc) is 3.40. The zero-order valence-electron chi connectivity index (χ0n) is 22.4. The zero-order valence-corrected chi connectivity index (χ0v) is 23.4. The summed E-state index contributed by atoms with van der Waals surface area (Å²) >= 11 is 0. The van der Waals surface area contributed by atoms with E-state index in [2.05, 4.69) is 67.7 Å². The first-order valence-electron chi connectivity index (χ1n) is 12.8. The molecule has 0 aliphatic carbocycles. The smallest absolute Gasteiger partial charge is 0.320 e. The van der Waals surface area contributed by atoms with Gasteiger partial charge in [-0.3, -0.25) is 9.69 Å². The molecule has 3 heterocycles. The van der Waals surface area contributed by atoms with Crippen LogP contribution in [0.2, 0.25) is 18.1 Å². The van der Waals surface area contributed by atoms with E-state index in [9.17, 15) is 4.79 Å². The predicted octanol–water partition coefficient (Wildman–Crippen LogP) is 6.25. The number of likely N-dealkylation sites (tertiary alicyclic amines) is 1. The molecule has 1 unspecified atom stereocenters. The average molecular weight is 506 g/mol. The van der Waals surface area contributed by atoms with Crippen molar-refractivity contribution in [2.24, 2.45) is 0 Å². The van der Waals surface area contributed by atoms with Gasteiger partial charge in [0.2, 0.25) is 0 Å². The number of imidazole rings is 1. The van der Waals surface area contributed by atoms with E-state index in [4.69, 9.17) is 14.1 Å². The van der Waals surface area contributed by atoms with Gasteiger partial charge in [-0.05, 0) is 54.7 Å². The molecule has 0 saturated carbocycles. The summed E-state index contributed by atoms with van der Waals surface area (Å²) in [6.07, 6.45) is 9.15. The van der Waals surface area contributed by atoms with Crippen LogP contribution in [0.25, 0.3) is 11.7 Å². The van der Waals surface area contributed by atoms with Crippen molar-refractivity contribution < 1.29 is 14.0 Å². The van der Waals surface area contributed by atoms with Gasteiger partial charge in [-0.2, -0.15) is 0 Å². The van der Waals surface area contributed by atoms with E-state index >= 15 is 0 Å². The molecule has 0 bridgehead atoms. The summed E-state index contributed by atoms with van der Waals surface area (Å²) in [5.41, 5.74) is 3.98. The monoisotopic (exact) mass is 505 g/mol. The molecule has 2 atom stereocenters. The van der Waals surface area contributed by atoms with Gasteiger partial charge in [-0.15, -0.1) is 0 Å². The highest BCUT2D eigenvalue weighted by Crippen LogP contribution is 2.41. The summed E-state index contributed by atoms with van der Waals surface area (Å²) < 4.78 is 14.5. The Morgan fingerprint density at radius 1 is 1.14 bits per heavy atom. The number of aromatic nitrogens is 2. The lowest BCUT2D eigenvalue weighted by Crippen LogP contribution is -2.44. The van der Waals surface area contributed by atoms with Crippen LogP contribution in [0, 0.1) is 0 Å². The van der Waals surface area contributed by atoms with Crippen LogP contribution in [-0.4, -0.2) is 47.8 Å². The van der Waals surface area contributed by atoms with Gasteiger partial charge in [0.05, 0.1) is 24.4 Å². The van der Waals surface area contributed by atoms with Crippen LogP contribution in [0.15, 0.2) is 60.9 Å². The highest BCUT2D eigenvalue weighted by atomic mass is 28.4. The van der Waals surface area contributed by atoms with Gasteiger partial charge in [0.25, 0.3) is 0 Å². The Labute approximate surface area is 216 Å². The largest absolute Gasteiger partial charge is 0.460 e. The Balaban J connectivity index is 1.54. The van der Waals surface area contributed by atoms with E-state index in [1.54, 1.807) is 0 Å². The lowest BCUT2D eigenvalue weighted by Gasteiger charge is -2.38. The molecule has 0 N–H and O–H groups in total. The maximum Gasteiger partial charge on any atom is 0.320 e. The van der Waals surface area contributed by atoms with Crippen LogP contribution in [0.4, 0.5) is 0 Å². The maximum atomic E-state index is 12.9. The lowest BCUT2D eigenvalue weighted by molar-refractivity contribution is -0.146. The number of rotatable bonds is 8. The number of pyridine rings is 1. The van der Waals surface area contributed by atoms with Gasteiger partial charge in [0.1, 0.15) is 12.3 Å². The Morgan fingerprint density at radius 2 is 1.89 bits per heavy atom. The molecule has 0 amide bonds. The highest BCUT2D eigenvalue weighted by Gasteiger charge is 2.43. The topological polar surface area (TPSA) is 56.1 Å². The van der Waals surface area contributed by atoms with Crippen LogP contribution < -0.4 is 0 Å². The fourth-order valence-corrected chi connectivity index (χ4v) is 5.81. The Morgan fingerprint density at radius 3 is 2.58 bits per heavy atom. The van der Waals surface area contributed by atoms with Crippen LogP contribution >= 0.6 is 0 Å². The molecule has 0 spiro atoms. The van der Waals surface area contributed by atoms with Crippen LogP contribution in [0.5, 0.6) is 0 Å². The molecular weight excluding hydrogens is 466 g/mol. The number of hydrogen-bond donors (Lipinski definition) is 0. The van der Waals surface area contributed by atoms with Crippen molar-refractivity contribution in [1.82, 2.24) is 14.3 Å². The molecule has 192 valence electrons. The second kappa shape index (κ2) is 10.7. The van der Waals surface area contributed by atoms with Crippen LogP contribution in [0.1, 0.15) is 57.0 Å². The summed E-state index contributed by atoms with van der Waals surface area (Å²) in [4.78, 5) is 20.0. The number of carbonyl (C=O) groups is 1. The molecule has 36 heavy (non-hydrogen) atoms. The van der Waals surface area contributed by atoms with Crippen molar-refractivity contribution in [3.63, 3.8) is 0 Å². The van der Waals surface area contributed by atoms with Crippen LogP contribution in [-0.2, 0) is 20.6 Å². The molecule has 0 radical (unpaired) electrons. The molecule has 1 fully saturated rings. The molecule has 6 nitrogen and oxygen atoms in total. The van der Waals surface area contributed by atoms with E-state index in [-0.39, 0.29) is 36.3 Å². The minimum atomic E-state index is -1.95. The van der Waals surface area contributed by atoms with Crippen molar-refractivity contribution in [1.29, 1.82) is 0 Å². The van der Waals surface area contributed by atoms with E-state index < -0.39 is 8.32 Å². The minimum Gasteiger partial charge on any atom is -0.460 e. The Hall–Kier alpha value is -2.74. The second-order valence-electron chi connectivity index (χ2n) is 11.2. The second-order valence-corrected chi connectivity index (χ2v) is 16.0. The standard InChI is InChI=1S/C29H39N3O3Si/c1-7-11-22-14-15-27-30-25(19-32(27)17-22)26-16-24(35-36(5,6)29(2,3)4)18-31(26)20-28(33)34-21-23-12-9-8-10-13-23/h7-15,17,19,24,26H,16,18,20-21H2,1-6H3/b11-7+/t24?,26-/m1/s1. The SMILES string of the molecule is C/C=C/c1ccc2nc([C@H]3CC(O[Si](C)(C)C(C)(C)C)CN3CC(=O)OCc3ccccc3)cn2c1. The Bertz CT molecular complexity index is 1210. The lowest BCUT2D eigenvalue weighted by atomic mass is 10.1. The van der Waals surface area contributed by atoms with E-state index in [0.29, 0.717) is 6.54 Å². The molecule has 7 heteroatoms. The number of allylic oxidation sites excluding steroid dienone is 1. The van der Waals surface area contributed by atoms with Crippen molar-refractivity contribution in [2.45, 2.75) is 71.0 Å². The first-order chi connectivity index (χ1) is 17.1. The van der Waals surface area contributed by atoms with Crippen molar-refractivity contribution in [2.75, 3.05) is 13.1 Å². The summed E-state index contributed by atoms with van der Waals surface area (Å²) in [6.45, 7) is 14.5. The van der Waals surface area contributed by atoms with Gasteiger partial charge < -0.3 is 13.6 Å². The van der Waals surface area contributed by atoms with Crippen molar-refractivity contribution in [3.05, 3.63) is 77.8 Å². The fourth-order valence-electron chi connectivity index (χ4n) is 4.45. The summed E-state index contributed by atoms with van der Waals surface area (Å²) in [7, 11) is -1.95. The van der Waals surface area contributed by atoms with Crippen molar-refractivity contribution >= 4 is 26.0 Å². The summed E-state index contributed by atoms with van der Waals surface area (Å²) in [5, 5.41) is 0.122. The van der Waals surface area contributed by atoms with Gasteiger partial charge in [-0.1, -0.05) is 63.3 Å². The van der Waals surface area contributed by atoms with E-state index in [0.717, 1.165) is 28.9 Å². The number of benzene rings is 1. The van der Waals surface area contributed by atoms with Gasteiger partial charge in [0, 0.05) is 18.9 Å². The maximum absolute atomic E-state index is 12.9. The number of carbonyl (C=O) groups excluding carboxylic acids is 1. The molecule has 1 saturated heterocycles. The number of fused-ring (bicyclic) bond motifs is 1. The normalized spacial score (nSPS) is 19.4. The number of esters is 1. The molecule has 4 rings (SSSR count). The molecule has 1 aromatic carbocycles. The Kier molecular flexibility index (Phi) is 7.83. The van der Waals surface area contributed by atoms with Crippen molar-refractivity contribution in [3.8, 4) is 0 Å². The first kappa shape index (κ1) is 26.3. The molecular formula is C29H39N3O3Si. The minimum absolute atomic E-state index is 0.00545. The quantitative estimate of drug-likeness (QED) is 0.268. The van der Waals surface area contributed by atoms with E-state index in [1.165, 1.54) is 0 Å². The van der Waals surface area contributed by atoms with Gasteiger partial charge in [-0.25, -0.2) is 4.98 Å². The molecule has 1 aliphatic rings. The third kappa shape index (κ3) is 6.14. The predicted molar refractivity (Wildman–Crippen MR) is 147 cm³/mol. The fraction of sp³-hybridized carbons (Fsp3) is 0.448. The highest BCUT2D eigenvalue weighted by molar-refractivity contribution is 6.74. The van der Waals surface area contributed by atoms with Gasteiger partial charge in [0.15, 0.2) is 8.32 Å². The number of nitrogens with zero attached hydrogens (tertiary/aromatic N) is 3. The molecule has 1 aliphatic heterocycles. The number of ether oxygens (including phenoxy) is 1. The summed E-state index contributed by atoms with van der Waals surface area (Å²) in [6, 6.07) is 13.9. The zero-order chi connectivity index (χ0) is 25.9. The third-order valence-corrected chi connectivity index (χ3v) is 11.9. The first-order valence-corrected chi connectivity index (χ1v) is 15.7. The molecule has 2 aromatic heterocycles. The molecule has 3 aromatic rings. The van der Waals surface area contributed by atoms with Crippen LogP contribution in [0.3, 0.4) is 0 Å². The summed E-state index contributed by atoms with van der Waals surface area (Å²) in [5.74, 6) is -0.226. The third-order valence-electron chi connectivity index (χ3n) is 7.40. The van der Waals surface area contributed by atoms with Gasteiger partial charge >= 0.3 is 5.97 Å².